The van der Waals surface area contributed by atoms with Crippen LogP contribution in [0, 0.1) is 0 Å². The normalized spacial score (nSPS) is 10.1. The number of rotatable bonds is 4. The van der Waals surface area contributed by atoms with E-state index in [1.54, 1.807) is 18.3 Å². The van der Waals surface area contributed by atoms with E-state index in [0.29, 0.717) is 22.1 Å². The van der Waals surface area contributed by atoms with Crippen molar-refractivity contribution >= 4 is 34.5 Å². The monoisotopic (exact) mass is 278 g/mol. The Morgan fingerprint density at radius 2 is 2.22 bits per heavy atom. The summed E-state index contributed by atoms with van der Waals surface area (Å²) < 4.78 is 0. The molecule has 0 aliphatic rings. The van der Waals surface area contributed by atoms with Crippen LogP contribution in [-0.2, 0) is 6.54 Å². The van der Waals surface area contributed by atoms with E-state index in [1.807, 2.05) is 18.2 Å². The van der Waals surface area contributed by atoms with E-state index < -0.39 is 0 Å². The molecule has 2 aromatic rings. The number of anilines is 1. The van der Waals surface area contributed by atoms with Gasteiger partial charge in [-0.25, -0.2) is 0 Å². The minimum absolute atomic E-state index is 0.292. The van der Waals surface area contributed by atoms with Crippen molar-refractivity contribution in [2.75, 3.05) is 5.32 Å². The van der Waals surface area contributed by atoms with Gasteiger partial charge in [0, 0.05) is 17.4 Å². The van der Waals surface area contributed by atoms with Crippen LogP contribution in [-0.4, -0.2) is 15.2 Å². The molecule has 1 heterocycles. The van der Waals surface area contributed by atoms with Gasteiger partial charge in [-0.2, -0.15) is 10.2 Å². The topological polar surface area (TPSA) is 63.8 Å². The summed E-state index contributed by atoms with van der Waals surface area (Å²) in [4.78, 5) is 0.292. The Morgan fingerprint density at radius 1 is 1.39 bits per heavy atom. The predicted octanol–water partition coefficient (Wildman–Crippen LogP) is 2.38. The highest BCUT2D eigenvalue weighted by atomic mass is 35.5. The number of halogens is 1. The molecule has 0 amide bonds. The summed E-state index contributed by atoms with van der Waals surface area (Å²) in [6, 6.07) is 9.19. The Kier molecular flexibility index (Phi) is 4.07. The number of thiocarbonyl (C=S) groups is 1. The molecule has 2 rings (SSSR count). The molecule has 0 aliphatic carbocycles. The second kappa shape index (κ2) is 5.75. The van der Waals surface area contributed by atoms with Crippen LogP contribution in [0.25, 0.3) is 0 Å². The molecule has 0 bridgehead atoms. The molecule has 0 radical (unpaired) electrons. The first kappa shape index (κ1) is 12.7. The van der Waals surface area contributed by atoms with Crippen LogP contribution in [0.15, 0.2) is 36.5 Å². The molecule has 0 unspecified atom stereocenters. The van der Waals surface area contributed by atoms with Crippen LogP contribution < -0.4 is 11.1 Å². The van der Waals surface area contributed by atoms with E-state index in [-0.39, 0.29) is 0 Å². The maximum absolute atomic E-state index is 6.07. The molecule has 4 nitrogen and oxygen atoms in total. The fraction of sp³-hybridized carbons (Fsp3) is 0.0833. The maximum Gasteiger partial charge on any atom is 0.105 e. The van der Waals surface area contributed by atoms with Crippen molar-refractivity contribution in [3.8, 4) is 0 Å². The van der Waals surface area contributed by atoms with Gasteiger partial charge in [0.25, 0.3) is 0 Å². The summed E-state index contributed by atoms with van der Waals surface area (Å²) in [7, 11) is 0. The first-order valence-electron chi connectivity index (χ1n) is 5.26. The van der Waals surface area contributed by atoms with Gasteiger partial charge in [-0.15, -0.1) is 0 Å². The second-order valence-corrected chi connectivity index (χ2v) is 4.47. The number of hydrogen-bond donors (Lipinski definition) is 2. The summed E-state index contributed by atoms with van der Waals surface area (Å²) in [6.07, 6.45) is 1.64. The average molecular weight is 279 g/mol. The number of nitrogens with one attached hydrogen (secondary N) is 1. The first-order chi connectivity index (χ1) is 8.66. The largest absolute Gasteiger partial charge is 0.389 e. The minimum Gasteiger partial charge on any atom is -0.389 e. The number of nitrogens with zero attached hydrogens (tertiary/aromatic N) is 2. The van der Waals surface area contributed by atoms with Gasteiger partial charge in [-0.1, -0.05) is 23.8 Å². The zero-order chi connectivity index (χ0) is 13.0. The third kappa shape index (κ3) is 3.15. The zero-order valence-corrected chi connectivity index (χ0v) is 11.0. The molecule has 0 saturated heterocycles. The molecule has 3 N–H and O–H groups in total. The van der Waals surface area contributed by atoms with Crippen LogP contribution in [0.1, 0.15) is 11.3 Å². The summed E-state index contributed by atoms with van der Waals surface area (Å²) in [5, 5.41) is 11.5. The van der Waals surface area contributed by atoms with Crippen molar-refractivity contribution in [3.05, 3.63) is 52.8 Å². The highest BCUT2D eigenvalue weighted by Crippen LogP contribution is 2.21. The van der Waals surface area contributed by atoms with E-state index >= 15 is 0 Å². The number of nitrogens with two attached hydrogens (primary N) is 1. The highest BCUT2D eigenvalue weighted by molar-refractivity contribution is 7.80. The molecule has 0 saturated carbocycles. The molecule has 0 fully saturated rings. The SMILES string of the molecule is NC(=S)c1ccc(NCc2cccnn2)cc1Cl. The Bertz CT molecular complexity index is 559. The standard InChI is InChI=1S/C12H11ClN4S/c13-11-6-8(3-4-10(11)12(14)18)15-7-9-2-1-5-16-17-9/h1-6,15H,7H2,(H2,14,18). The number of benzene rings is 1. The van der Waals surface area contributed by atoms with Gasteiger partial charge in [0.1, 0.15) is 4.99 Å². The second-order valence-electron chi connectivity index (χ2n) is 3.63. The van der Waals surface area contributed by atoms with Crippen LogP contribution in [0.2, 0.25) is 5.02 Å². The van der Waals surface area contributed by atoms with E-state index in [9.17, 15) is 0 Å². The summed E-state index contributed by atoms with van der Waals surface area (Å²) in [6.45, 7) is 0.580. The van der Waals surface area contributed by atoms with Crippen molar-refractivity contribution < 1.29 is 0 Å². The van der Waals surface area contributed by atoms with Crippen LogP contribution in [0.4, 0.5) is 5.69 Å². The minimum atomic E-state index is 0.292. The quantitative estimate of drug-likeness (QED) is 0.841. The fourth-order valence-electron chi connectivity index (χ4n) is 1.45. The molecular weight excluding hydrogens is 268 g/mol. The first-order valence-corrected chi connectivity index (χ1v) is 6.05. The van der Waals surface area contributed by atoms with E-state index in [0.717, 1.165) is 11.4 Å². The van der Waals surface area contributed by atoms with Gasteiger partial charge in [0.2, 0.25) is 0 Å². The summed E-state index contributed by atoms with van der Waals surface area (Å²) in [5.41, 5.74) is 7.95. The predicted molar refractivity (Wildman–Crippen MR) is 76.7 cm³/mol. The molecule has 92 valence electrons. The van der Waals surface area contributed by atoms with E-state index in [4.69, 9.17) is 29.6 Å². The summed E-state index contributed by atoms with van der Waals surface area (Å²) in [5.74, 6) is 0. The lowest BCUT2D eigenvalue weighted by Gasteiger charge is -2.08. The van der Waals surface area contributed by atoms with Gasteiger partial charge in [0.15, 0.2) is 0 Å². The Labute approximate surface area is 115 Å². The number of hydrogen-bond acceptors (Lipinski definition) is 4. The van der Waals surface area contributed by atoms with Gasteiger partial charge >= 0.3 is 0 Å². The van der Waals surface area contributed by atoms with Crippen molar-refractivity contribution in [1.29, 1.82) is 0 Å². The zero-order valence-electron chi connectivity index (χ0n) is 9.43. The highest BCUT2D eigenvalue weighted by Gasteiger charge is 2.04. The van der Waals surface area contributed by atoms with Crippen LogP contribution in [0.5, 0.6) is 0 Å². The smallest absolute Gasteiger partial charge is 0.105 e. The molecule has 0 aliphatic heterocycles. The van der Waals surface area contributed by atoms with Gasteiger partial charge < -0.3 is 11.1 Å². The van der Waals surface area contributed by atoms with E-state index in [2.05, 4.69) is 15.5 Å². The van der Waals surface area contributed by atoms with Crippen molar-refractivity contribution in [3.63, 3.8) is 0 Å². The molecule has 0 spiro atoms. The Hall–Kier alpha value is -1.72. The molecule has 18 heavy (non-hydrogen) atoms. The molecular formula is C12H11ClN4S. The maximum atomic E-state index is 6.07. The average Bonchev–Trinajstić information content (AvgIpc) is 2.37. The molecule has 1 aromatic heterocycles. The lowest BCUT2D eigenvalue weighted by molar-refractivity contribution is 0.925. The lowest BCUT2D eigenvalue weighted by atomic mass is 10.2. The van der Waals surface area contributed by atoms with Gasteiger partial charge in [0.05, 0.1) is 17.3 Å². The van der Waals surface area contributed by atoms with Crippen molar-refractivity contribution in [2.24, 2.45) is 5.73 Å². The van der Waals surface area contributed by atoms with Crippen molar-refractivity contribution in [1.82, 2.24) is 10.2 Å². The van der Waals surface area contributed by atoms with Crippen LogP contribution >= 0.6 is 23.8 Å². The molecule has 1 aromatic carbocycles. The van der Waals surface area contributed by atoms with Gasteiger partial charge in [-0.05, 0) is 30.3 Å². The fourth-order valence-corrected chi connectivity index (χ4v) is 1.96. The Morgan fingerprint density at radius 3 is 2.83 bits per heavy atom. The number of aromatic nitrogens is 2. The van der Waals surface area contributed by atoms with Crippen LogP contribution in [0.3, 0.4) is 0 Å². The van der Waals surface area contributed by atoms with Gasteiger partial charge in [-0.3, -0.25) is 0 Å². The van der Waals surface area contributed by atoms with Crippen molar-refractivity contribution in [2.45, 2.75) is 6.54 Å². The Balaban J connectivity index is 2.07. The third-order valence-corrected chi connectivity index (χ3v) is 2.87. The third-order valence-electron chi connectivity index (χ3n) is 2.34. The van der Waals surface area contributed by atoms with E-state index in [1.165, 1.54) is 0 Å². The molecule has 6 heteroatoms. The molecule has 0 atom stereocenters. The summed E-state index contributed by atoms with van der Waals surface area (Å²) >= 11 is 11.0. The lowest BCUT2D eigenvalue weighted by Crippen LogP contribution is -2.10.